The molecule has 0 radical (unpaired) electrons. The van der Waals surface area contributed by atoms with E-state index in [0.717, 1.165) is 84.3 Å². The predicted octanol–water partition coefficient (Wildman–Crippen LogP) is 5.10. The van der Waals surface area contributed by atoms with Crippen molar-refractivity contribution < 1.29 is 4.79 Å². The molecule has 1 saturated heterocycles. The fourth-order valence-electron chi connectivity index (χ4n) is 7.38. The lowest BCUT2D eigenvalue weighted by atomic mass is 9.86. The molecule has 0 bridgehead atoms. The van der Waals surface area contributed by atoms with Crippen molar-refractivity contribution in [2.75, 3.05) is 45.8 Å². The maximum absolute atomic E-state index is 13.2. The third-order valence-electron chi connectivity index (χ3n) is 9.62. The number of nitrogens with one attached hydrogen (secondary N) is 1. The molecular weight excluding hydrogens is 494 g/mol. The topological polar surface area (TPSA) is 74.5 Å². The summed E-state index contributed by atoms with van der Waals surface area (Å²) in [5.41, 5.74) is 9.92. The van der Waals surface area contributed by atoms with Gasteiger partial charge in [0.1, 0.15) is 5.78 Å². The average Bonchev–Trinajstić information content (AvgIpc) is 3.55. The van der Waals surface area contributed by atoms with Crippen LogP contribution in [0.5, 0.6) is 0 Å². The van der Waals surface area contributed by atoms with E-state index in [-0.39, 0.29) is 0 Å². The number of hydrogen-bond donors (Lipinski definition) is 2. The minimum atomic E-state index is 0.305. The van der Waals surface area contributed by atoms with Gasteiger partial charge < -0.3 is 16.0 Å². The molecule has 0 amide bonds. The normalized spacial score (nSPS) is 22.9. The fourth-order valence-corrected chi connectivity index (χ4v) is 7.38. The van der Waals surface area contributed by atoms with E-state index in [0.29, 0.717) is 36.1 Å². The Labute approximate surface area is 242 Å². The standard InChI is InChI=1S/C34H51N5O/c35-18-6-7-21-39(32-16-8-14-29-15-9-19-37-34(29)32)26-31-25-38(23-20-36-31)22-17-30(27-10-2-1-3-11-27)24-33(40)28-12-4-5-13-28/h1-3,9-11,15,19,28,30-32,36H,4-8,12-14,16-18,20-26,35H2/t30-,31-,32+/m1/s1. The Morgan fingerprint density at radius 2 is 1.93 bits per heavy atom. The molecule has 1 aromatic carbocycles. The van der Waals surface area contributed by atoms with Crippen molar-refractivity contribution in [1.82, 2.24) is 20.1 Å². The number of carbonyl (C=O) groups is 1. The number of aromatic nitrogens is 1. The molecule has 6 nitrogen and oxygen atoms in total. The summed E-state index contributed by atoms with van der Waals surface area (Å²) in [4.78, 5) is 23.4. The number of nitrogens with zero attached hydrogens (tertiary/aromatic N) is 3. The van der Waals surface area contributed by atoms with E-state index >= 15 is 0 Å². The summed E-state index contributed by atoms with van der Waals surface area (Å²) in [6.07, 6.45) is 14.2. The largest absolute Gasteiger partial charge is 0.330 e. The van der Waals surface area contributed by atoms with Crippen molar-refractivity contribution in [2.24, 2.45) is 11.7 Å². The van der Waals surface area contributed by atoms with Gasteiger partial charge in [-0.05, 0) is 94.1 Å². The molecule has 6 heteroatoms. The van der Waals surface area contributed by atoms with Gasteiger partial charge >= 0.3 is 0 Å². The van der Waals surface area contributed by atoms with Crippen LogP contribution < -0.4 is 11.1 Å². The quantitative estimate of drug-likeness (QED) is 0.322. The monoisotopic (exact) mass is 545 g/mol. The highest BCUT2D eigenvalue weighted by atomic mass is 16.1. The van der Waals surface area contributed by atoms with E-state index in [4.69, 9.17) is 10.7 Å². The lowest BCUT2D eigenvalue weighted by molar-refractivity contribution is -0.123. The van der Waals surface area contributed by atoms with Gasteiger partial charge in [0.05, 0.1) is 11.7 Å². The van der Waals surface area contributed by atoms with E-state index in [9.17, 15) is 4.79 Å². The van der Waals surface area contributed by atoms with Crippen LogP contribution in [0.2, 0.25) is 0 Å². The first-order chi connectivity index (χ1) is 19.7. The highest BCUT2D eigenvalue weighted by Gasteiger charge is 2.31. The van der Waals surface area contributed by atoms with E-state index in [1.807, 2.05) is 6.20 Å². The minimum Gasteiger partial charge on any atom is -0.330 e. The SMILES string of the molecule is NCCCCN(C[C@H]1CN(CC[C@H](CC(=O)C2CCCC2)c2ccccc2)CCN1)[C@H]1CCCc2cccnc21. The van der Waals surface area contributed by atoms with Crippen LogP contribution >= 0.6 is 0 Å². The maximum atomic E-state index is 13.2. The molecule has 2 aliphatic carbocycles. The van der Waals surface area contributed by atoms with Gasteiger partial charge in [-0.2, -0.15) is 0 Å². The predicted molar refractivity (Wildman–Crippen MR) is 163 cm³/mol. The molecule has 2 fully saturated rings. The molecular formula is C34H51N5O. The smallest absolute Gasteiger partial charge is 0.136 e. The number of pyridine rings is 1. The van der Waals surface area contributed by atoms with Gasteiger partial charge in [0.25, 0.3) is 0 Å². The van der Waals surface area contributed by atoms with Crippen molar-refractivity contribution in [3.05, 3.63) is 65.5 Å². The highest BCUT2D eigenvalue weighted by Crippen LogP contribution is 2.34. The molecule has 1 saturated carbocycles. The number of aryl methyl sites for hydroxylation is 1. The minimum absolute atomic E-state index is 0.305. The number of fused-ring (bicyclic) bond motifs is 1. The molecule has 218 valence electrons. The fraction of sp³-hybridized carbons (Fsp3) is 0.647. The lowest BCUT2D eigenvalue weighted by Crippen LogP contribution is -2.55. The lowest BCUT2D eigenvalue weighted by Gasteiger charge is -2.40. The number of Topliss-reactive ketones (excluding diaryl/α,β-unsaturated/α-hetero) is 1. The molecule has 5 rings (SSSR count). The summed E-state index contributed by atoms with van der Waals surface area (Å²) in [6, 6.07) is 16.0. The first-order valence-corrected chi connectivity index (χ1v) is 16.1. The number of benzene rings is 1. The van der Waals surface area contributed by atoms with Crippen LogP contribution in [0.3, 0.4) is 0 Å². The van der Waals surface area contributed by atoms with Crippen LogP contribution in [-0.4, -0.2) is 72.4 Å². The van der Waals surface area contributed by atoms with Gasteiger partial charge in [0, 0.05) is 50.8 Å². The number of piperazine rings is 1. The molecule has 0 unspecified atom stereocenters. The van der Waals surface area contributed by atoms with E-state index in [1.54, 1.807) is 0 Å². The number of hydrogen-bond acceptors (Lipinski definition) is 6. The maximum Gasteiger partial charge on any atom is 0.136 e. The second kappa shape index (κ2) is 15.2. The Balaban J connectivity index is 1.20. The molecule has 3 atom stereocenters. The second-order valence-electron chi connectivity index (χ2n) is 12.4. The summed E-state index contributed by atoms with van der Waals surface area (Å²) in [7, 11) is 0. The second-order valence-corrected chi connectivity index (χ2v) is 12.4. The Bertz CT molecular complexity index is 1040. The molecule has 2 heterocycles. The van der Waals surface area contributed by atoms with E-state index in [1.165, 1.54) is 42.5 Å². The number of nitrogens with two attached hydrogens (primary N) is 1. The summed E-state index contributed by atoms with van der Waals surface area (Å²) >= 11 is 0. The van der Waals surface area contributed by atoms with Crippen molar-refractivity contribution in [2.45, 2.75) is 88.6 Å². The van der Waals surface area contributed by atoms with Crippen LogP contribution in [0.25, 0.3) is 0 Å². The molecule has 40 heavy (non-hydrogen) atoms. The van der Waals surface area contributed by atoms with Gasteiger partial charge in [0.2, 0.25) is 0 Å². The van der Waals surface area contributed by atoms with Crippen molar-refractivity contribution >= 4 is 5.78 Å². The Kier molecular flexibility index (Phi) is 11.2. The van der Waals surface area contributed by atoms with Crippen molar-refractivity contribution in [3.8, 4) is 0 Å². The molecule has 3 aliphatic rings. The summed E-state index contributed by atoms with van der Waals surface area (Å²) < 4.78 is 0. The van der Waals surface area contributed by atoms with Crippen LogP contribution in [0.4, 0.5) is 0 Å². The molecule has 1 aliphatic heterocycles. The van der Waals surface area contributed by atoms with Crippen LogP contribution in [-0.2, 0) is 11.2 Å². The summed E-state index contributed by atoms with van der Waals surface area (Å²) in [5.74, 6) is 1.12. The van der Waals surface area contributed by atoms with Crippen LogP contribution in [0, 0.1) is 5.92 Å². The number of carbonyl (C=O) groups excluding carboxylic acids is 1. The molecule has 2 aromatic rings. The third-order valence-corrected chi connectivity index (χ3v) is 9.62. The Hall–Kier alpha value is -2.12. The van der Waals surface area contributed by atoms with Crippen LogP contribution in [0.1, 0.15) is 93.0 Å². The van der Waals surface area contributed by atoms with Gasteiger partial charge in [0.15, 0.2) is 0 Å². The highest BCUT2D eigenvalue weighted by molar-refractivity contribution is 5.82. The van der Waals surface area contributed by atoms with E-state index in [2.05, 4.69) is 57.6 Å². The summed E-state index contributed by atoms with van der Waals surface area (Å²) in [5, 5.41) is 3.84. The Morgan fingerprint density at radius 3 is 2.75 bits per heavy atom. The van der Waals surface area contributed by atoms with E-state index < -0.39 is 0 Å². The summed E-state index contributed by atoms with van der Waals surface area (Å²) in [6.45, 7) is 7.10. The zero-order valence-corrected chi connectivity index (χ0v) is 24.5. The molecule has 3 N–H and O–H groups in total. The number of ketones is 1. The number of rotatable bonds is 14. The average molecular weight is 546 g/mol. The molecule has 1 aromatic heterocycles. The zero-order chi connectivity index (χ0) is 27.6. The first-order valence-electron chi connectivity index (χ1n) is 16.1. The Morgan fingerprint density at radius 1 is 1.07 bits per heavy atom. The van der Waals surface area contributed by atoms with Gasteiger partial charge in [-0.25, -0.2) is 0 Å². The first kappa shape index (κ1) is 29.4. The van der Waals surface area contributed by atoms with Crippen molar-refractivity contribution in [1.29, 1.82) is 0 Å². The zero-order valence-electron chi connectivity index (χ0n) is 24.5. The number of unbranched alkanes of at least 4 members (excludes halogenated alkanes) is 1. The van der Waals surface area contributed by atoms with Crippen molar-refractivity contribution in [3.63, 3.8) is 0 Å². The van der Waals surface area contributed by atoms with Gasteiger partial charge in [-0.1, -0.05) is 49.2 Å². The third kappa shape index (κ3) is 8.00. The molecule has 0 spiro atoms. The van der Waals surface area contributed by atoms with Gasteiger partial charge in [-0.3, -0.25) is 14.7 Å². The van der Waals surface area contributed by atoms with Crippen LogP contribution in [0.15, 0.2) is 48.7 Å². The van der Waals surface area contributed by atoms with Gasteiger partial charge in [-0.15, -0.1) is 0 Å².